The summed E-state index contributed by atoms with van der Waals surface area (Å²) in [7, 11) is 0. The first-order chi connectivity index (χ1) is 3.72. The molecule has 5 heteroatoms. The Morgan fingerprint density at radius 3 is 1.67 bits per heavy atom. The third-order valence-corrected chi connectivity index (χ3v) is 1.03. The van der Waals surface area contributed by atoms with E-state index in [0.29, 0.717) is 0 Å². The van der Waals surface area contributed by atoms with E-state index in [2.05, 4.69) is 0 Å². The number of hydrogen-bond acceptors (Lipinski definition) is 3. The third kappa shape index (κ3) is 1.76. The third-order valence-electron chi connectivity index (χ3n) is 1.03. The molecule has 9 heavy (non-hydrogen) atoms. The summed E-state index contributed by atoms with van der Waals surface area (Å²) in [5.74, 6) is -1.01. The molecule has 1 N–H and O–H groups in total. The molecule has 2 amide bonds. The maximum absolute atomic E-state index is 10.2. The van der Waals surface area contributed by atoms with E-state index in [4.69, 9.17) is 5.21 Å². The molecular weight excluding hydrogens is 133 g/mol. The van der Waals surface area contributed by atoms with Crippen LogP contribution in [0.5, 0.6) is 0 Å². The zero-order valence-corrected chi connectivity index (χ0v) is 4.13. The molecule has 1 heterocycles. The zero-order valence-electron chi connectivity index (χ0n) is 4.13. The van der Waals surface area contributed by atoms with Gasteiger partial charge in [0, 0.05) is 12.8 Å². The van der Waals surface area contributed by atoms with Crippen molar-refractivity contribution in [3.8, 4) is 0 Å². The van der Waals surface area contributed by atoms with Gasteiger partial charge in [0.15, 0.2) is 0 Å². The number of carbonyl (C=O) groups excluding carboxylic acids is 2. The van der Waals surface area contributed by atoms with E-state index in [-0.39, 0.29) is 47.5 Å². The van der Waals surface area contributed by atoms with Gasteiger partial charge in [-0.1, -0.05) is 0 Å². The molecule has 1 aliphatic heterocycles. The summed E-state index contributed by atoms with van der Waals surface area (Å²) in [6.07, 6.45) is 0.296. The molecule has 1 aliphatic rings. The number of hydrogen-bond donors (Lipinski definition) is 1. The molecule has 1 fully saturated rings. The van der Waals surface area contributed by atoms with Crippen molar-refractivity contribution < 1.29 is 14.8 Å². The summed E-state index contributed by atoms with van der Waals surface area (Å²) in [5.41, 5.74) is 0. The Kier molecular flexibility index (Phi) is 3.35. The second-order valence-corrected chi connectivity index (χ2v) is 1.60. The molecule has 46 valence electrons. The van der Waals surface area contributed by atoms with Gasteiger partial charge in [-0.3, -0.25) is 14.8 Å². The van der Waals surface area contributed by atoms with Crippen LogP contribution >= 0.6 is 0 Å². The van der Waals surface area contributed by atoms with Gasteiger partial charge in [-0.15, -0.1) is 0 Å². The monoisotopic (exact) mass is 139 g/mol. The predicted molar refractivity (Wildman–Crippen MR) is 30.0 cm³/mol. The van der Waals surface area contributed by atoms with Crippen LogP contribution in [0.1, 0.15) is 12.8 Å². The van der Waals surface area contributed by atoms with E-state index >= 15 is 0 Å². The Balaban J connectivity index is 0.000000640. The van der Waals surface area contributed by atoms with Gasteiger partial charge in [0.05, 0.1) is 0 Å². The summed E-state index contributed by atoms with van der Waals surface area (Å²) >= 11 is 0. The Hall–Kier alpha value is 0.1000. The minimum atomic E-state index is -0.505. The summed E-state index contributed by atoms with van der Waals surface area (Å²) in [5, 5.41) is 8.57. The number of hydroxylamine groups is 2. The van der Waals surface area contributed by atoms with E-state index in [1.54, 1.807) is 0 Å². The van der Waals surface area contributed by atoms with Crippen LogP contribution in [0.2, 0.25) is 0 Å². The number of amides is 2. The molecule has 4 nitrogen and oxygen atoms in total. The quantitative estimate of drug-likeness (QED) is 0.262. The molecule has 1 saturated heterocycles. The van der Waals surface area contributed by atoms with Gasteiger partial charge in [0.25, 0.3) is 11.8 Å². The fourth-order valence-electron chi connectivity index (χ4n) is 0.565. The Morgan fingerprint density at radius 2 is 1.56 bits per heavy atom. The summed E-state index contributed by atoms with van der Waals surface area (Å²) in [6, 6.07) is 0. The van der Waals surface area contributed by atoms with Gasteiger partial charge in [-0.05, 0) is 0 Å². The first kappa shape index (κ1) is 9.10. The van der Waals surface area contributed by atoms with E-state index in [1.807, 2.05) is 0 Å². The average Bonchev–Trinajstić information content (AvgIpc) is 1.98. The Bertz CT molecular complexity index is 131. The first-order valence-corrected chi connectivity index (χ1v) is 2.26. The van der Waals surface area contributed by atoms with Gasteiger partial charge in [-0.2, -0.15) is 5.06 Å². The van der Waals surface area contributed by atoms with Crippen molar-refractivity contribution >= 4 is 41.4 Å². The maximum atomic E-state index is 10.2. The van der Waals surface area contributed by atoms with Crippen LogP contribution in [-0.2, 0) is 9.59 Å². The van der Waals surface area contributed by atoms with Gasteiger partial charge in [-0.25, -0.2) is 0 Å². The second kappa shape index (κ2) is 3.31. The van der Waals surface area contributed by atoms with Gasteiger partial charge in [0.1, 0.15) is 0 Å². The number of rotatable bonds is 0. The van der Waals surface area contributed by atoms with Crippen molar-refractivity contribution in [1.82, 2.24) is 5.06 Å². The van der Waals surface area contributed by atoms with Crippen LogP contribution < -0.4 is 0 Å². The summed E-state index contributed by atoms with van der Waals surface area (Å²) in [4.78, 5) is 20.5. The van der Waals surface area contributed by atoms with Gasteiger partial charge in [0.2, 0.25) is 0 Å². The Labute approximate surface area is 74.1 Å². The molecule has 1 rings (SSSR count). The van der Waals surface area contributed by atoms with Crippen molar-refractivity contribution in [2.45, 2.75) is 12.8 Å². The SMILES string of the molecule is O=C1CCC(=O)N1O.[NaH]. The molecule has 0 bridgehead atoms. The van der Waals surface area contributed by atoms with Crippen LogP contribution in [0.4, 0.5) is 0 Å². The van der Waals surface area contributed by atoms with Crippen molar-refractivity contribution in [2.24, 2.45) is 0 Å². The molecule has 0 aromatic rings. The Morgan fingerprint density at radius 1 is 1.22 bits per heavy atom. The predicted octanol–water partition coefficient (Wildman–Crippen LogP) is -1.12. The van der Waals surface area contributed by atoms with Gasteiger partial charge >= 0.3 is 29.6 Å². The average molecular weight is 139 g/mol. The van der Waals surface area contributed by atoms with Crippen molar-refractivity contribution in [2.75, 3.05) is 0 Å². The van der Waals surface area contributed by atoms with Crippen LogP contribution in [0, 0.1) is 0 Å². The van der Waals surface area contributed by atoms with Crippen molar-refractivity contribution in [3.05, 3.63) is 0 Å². The number of carbonyl (C=O) groups is 2. The molecule has 0 atom stereocenters. The van der Waals surface area contributed by atoms with E-state index < -0.39 is 11.8 Å². The standard InChI is InChI=1S/C4H5NO3.Na.H/c6-3-1-2-4(7)5(3)8;;/h8H,1-2H2;;. The first-order valence-electron chi connectivity index (χ1n) is 2.26. The fourth-order valence-corrected chi connectivity index (χ4v) is 0.565. The minimum absolute atomic E-state index is 0. The van der Waals surface area contributed by atoms with Crippen LogP contribution in [0.3, 0.4) is 0 Å². The summed E-state index contributed by atoms with van der Waals surface area (Å²) < 4.78 is 0. The second-order valence-electron chi connectivity index (χ2n) is 1.60. The molecule has 0 unspecified atom stereocenters. The summed E-state index contributed by atoms with van der Waals surface area (Å²) in [6.45, 7) is 0. The number of imide groups is 1. The molecule has 0 aromatic carbocycles. The van der Waals surface area contributed by atoms with Crippen molar-refractivity contribution in [3.63, 3.8) is 0 Å². The molecule has 0 aromatic heterocycles. The molecule has 0 radical (unpaired) electrons. The van der Waals surface area contributed by atoms with Crippen LogP contribution in [0.25, 0.3) is 0 Å². The zero-order chi connectivity index (χ0) is 6.15. The van der Waals surface area contributed by atoms with E-state index in [1.165, 1.54) is 0 Å². The van der Waals surface area contributed by atoms with Gasteiger partial charge < -0.3 is 0 Å². The molecule has 0 aliphatic carbocycles. The van der Waals surface area contributed by atoms with E-state index in [9.17, 15) is 9.59 Å². The molecular formula is C4H6NNaO3. The molecule has 0 spiro atoms. The fraction of sp³-hybridized carbons (Fsp3) is 0.500. The van der Waals surface area contributed by atoms with Crippen LogP contribution in [-0.4, -0.2) is 51.6 Å². The van der Waals surface area contributed by atoms with Crippen molar-refractivity contribution in [1.29, 1.82) is 0 Å². The van der Waals surface area contributed by atoms with E-state index in [0.717, 1.165) is 0 Å². The topological polar surface area (TPSA) is 57.6 Å². The molecule has 0 saturated carbocycles. The van der Waals surface area contributed by atoms with Crippen LogP contribution in [0.15, 0.2) is 0 Å². The number of nitrogens with zero attached hydrogens (tertiary/aromatic N) is 1. The normalized spacial score (nSPS) is 18.1.